The highest BCUT2D eigenvalue weighted by Crippen LogP contribution is 2.32. The van der Waals surface area contributed by atoms with Gasteiger partial charge < -0.3 is 14.5 Å². The third-order valence-corrected chi connectivity index (χ3v) is 3.53. The molecule has 0 spiro atoms. The van der Waals surface area contributed by atoms with Gasteiger partial charge in [-0.1, -0.05) is 15.9 Å². The second kappa shape index (κ2) is 6.41. The minimum atomic E-state index is 0.695. The summed E-state index contributed by atoms with van der Waals surface area (Å²) in [7, 11) is 1.67. The van der Waals surface area contributed by atoms with E-state index < -0.39 is 0 Å². The van der Waals surface area contributed by atoms with Gasteiger partial charge in [-0.25, -0.2) is 0 Å². The molecule has 0 saturated carbocycles. The van der Waals surface area contributed by atoms with Gasteiger partial charge in [-0.05, 0) is 40.2 Å². The van der Waals surface area contributed by atoms with E-state index in [0.29, 0.717) is 13.1 Å². The van der Waals surface area contributed by atoms with Crippen LogP contribution < -0.4 is 10.1 Å². The molecule has 2 rings (SSSR count). The minimum absolute atomic E-state index is 0.695. The van der Waals surface area contributed by atoms with Crippen LogP contribution in [0.5, 0.6) is 5.75 Å². The van der Waals surface area contributed by atoms with Crippen molar-refractivity contribution in [2.75, 3.05) is 7.11 Å². The number of hydrogen-bond acceptors (Lipinski definition) is 3. The molecule has 3 nitrogen and oxygen atoms in total. The fourth-order valence-electron chi connectivity index (χ4n) is 1.71. The summed E-state index contributed by atoms with van der Waals surface area (Å²) in [5.74, 6) is 1.77. The summed E-state index contributed by atoms with van der Waals surface area (Å²) >= 11 is 6.96. The lowest BCUT2D eigenvalue weighted by atomic mass is 10.2. The van der Waals surface area contributed by atoms with E-state index >= 15 is 0 Å². The Balaban J connectivity index is 2.04. The van der Waals surface area contributed by atoms with E-state index in [1.165, 1.54) is 0 Å². The van der Waals surface area contributed by atoms with Crippen LogP contribution in [0, 0.1) is 0 Å². The monoisotopic (exact) mass is 373 g/mol. The van der Waals surface area contributed by atoms with Crippen molar-refractivity contribution in [2.45, 2.75) is 13.1 Å². The molecule has 0 aliphatic rings. The molecular formula is C13H13Br2NO2. The van der Waals surface area contributed by atoms with E-state index in [1.54, 1.807) is 13.4 Å². The SMILES string of the molecule is COc1c(Br)cc(Br)cc1CNCc1ccco1. The molecule has 0 radical (unpaired) electrons. The number of furan rings is 1. The van der Waals surface area contributed by atoms with Crippen LogP contribution in [0.4, 0.5) is 0 Å². The second-order valence-corrected chi connectivity index (χ2v) is 5.53. The van der Waals surface area contributed by atoms with Crippen molar-refractivity contribution in [3.63, 3.8) is 0 Å². The van der Waals surface area contributed by atoms with Crippen molar-refractivity contribution in [3.05, 3.63) is 50.8 Å². The molecule has 1 aromatic heterocycles. The minimum Gasteiger partial charge on any atom is -0.495 e. The van der Waals surface area contributed by atoms with Crippen molar-refractivity contribution in [3.8, 4) is 5.75 Å². The average molecular weight is 375 g/mol. The number of nitrogens with one attached hydrogen (secondary N) is 1. The third kappa shape index (κ3) is 3.37. The summed E-state index contributed by atoms with van der Waals surface area (Å²) in [6.07, 6.45) is 1.67. The molecule has 0 atom stereocenters. The first-order valence-corrected chi connectivity index (χ1v) is 7.04. The van der Waals surface area contributed by atoms with E-state index in [4.69, 9.17) is 9.15 Å². The molecule has 0 unspecified atom stereocenters. The summed E-state index contributed by atoms with van der Waals surface area (Å²) in [6.45, 7) is 1.40. The maximum absolute atomic E-state index is 5.39. The van der Waals surface area contributed by atoms with E-state index in [2.05, 4.69) is 37.2 Å². The van der Waals surface area contributed by atoms with E-state index in [0.717, 1.165) is 26.0 Å². The summed E-state index contributed by atoms with van der Waals surface area (Å²) in [6, 6.07) is 7.84. The molecule has 1 aromatic carbocycles. The zero-order valence-electron chi connectivity index (χ0n) is 9.87. The van der Waals surface area contributed by atoms with Crippen LogP contribution in [-0.2, 0) is 13.1 Å². The Morgan fingerprint density at radius 1 is 1.28 bits per heavy atom. The first-order valence-electron chi connectivity index (χ1n) is 5.45. The van der Waals surface area contributed by atoms with Crippen LogP contribution in [0.1, 0.15) is 11.3 Å². The quantitative estimate of drug-likeness (QED) is 0.855. The summed E-state index contributed by atoms with van der Waals surface area (Å²) in [4.78, 5) is 0. The predicted octanol–water partition coefficient (Wildman–Crippen LogP) is 4.10. The molecule has 0 saturated heterocycles. The van der Waals surface area contributed by atoms with Gasteiger partial charge in [0.1, 0.15) is 11.5 Å². The van der Waals surface area contributed by atoms with E-state index in [-0.39, 0.29) is 0 Å². The first kappa shape index (κ1) is 13.6. The highest BCUT2D eigenvalue weighted by atomic mass is 79.9. The Morgan fingerprint density at radius 2 is 2.11 bits per heavy atom. The smallest absolute Gasteiger partial charge is 0.137 e. The van der Waals surface area contributed by atoms with Crippen LogP contribution in [-0.4, -0.2) is 7.11 Å². The third-order valence-electron chi connectivity index (χ3n) is 2.48. The van der Waals surface area contributed by atoms with Crippen LogP contribution in [0.3, 0.4) is 0 Å². The molecule has 0 aliphatic heterocycles. The fraction of sp³-hybridized carbons (Fsp3) is 0.231. The van der Waals surface area contributed by atoms with Gasteiger partial charge >= 0.3 is 0 Å². The molecule has 0 bridgehead atoms. The van der Waals surface area contributed by atoms with Crippen molar-refractivity contribution in [2.24, 2.45) is 0 Å². The molecule has 1 N–H and O–H groups in total. The van der Waals surface area contributed by atoms with Crippen molar-refractivity contribution < 1.29 is 9.15 Å². The zero-order valence-corrected chi connectivity index (χ0v) is 13.0. The molecule has 2 aromatic rings. The number of halogens is 2. The van der Waals surface area contributed by atoms with Crippen LogP contribution >= 0.6 is 31.9 Å². The standard InChI is InChI=1S/C13H13Br2NO2/c1-17-13-9(5-10(14)6-12(13)15)7-16-8-11-3-2-4-18-11/h2-6,16H,7-8H2,1H3. The topological polar surface area (TPSA) is 34.4 Å². The van der Waals surface area contributed by atoms with Gasteiger partial charge in [-0.3, -0.25) is 0 Å². The number of rotatable bonds is 5. The van der Waals surface area contributed by atoms with Gasteiger partial charge in [0.2, 0.25) is 0 Å². The van der Waals surface area contributed by atoms with Gasteiger partial charge in [0, 0.05) is 16.6 Å². The van der Waals surface area contributed by atoms with Crippen molar-refractivity contribution >= 4 is 31.9 Å². The molecule has 18 heavy (non-hydrogen) atoms. The van der Waals surface area contributed by atoms with Gasteiger partial charge in [0.15, 0.2) is 0 Å². The maximum atomic E-state index is 5.39. The van der Waals surface area contributed by atoms with Gasteiger partial charge in [0.25, 0.3) is 0 Å². The van der Waals surface area contributed by atoms with Gasteiger partial charge in [-0.2, -0.15) is 0 Å². The lowest BCUT2D eigenvalue weighted by Crippen LogP contribution is -2.13. The number of methoxy groups -OCH3 is 1. The van der Waals surface area contributed by atoms with Crippen LogP contribution in [0.2, 0.25) is 0 Å². The Hall–Kier alpha value is -0.780. The lowest BCUT2D eigenvalue weighted by molar-refractivity contribution is 0.403. The summed E-state index contributed by atoms with van der Waals surface area (Å²) in [5.41, 5.74) is 1.09. The Kier molecular flexibility index (Phi) is 4.86. The highest BCUT2D eigenvalue weighted by Gasteiger charge is 2.09. The zero-order chi connectivity index (χ0) is 13.0. The molecule has 5 heteroatoms. The maximum Gasteiger partial charge on any atom is 0.137 e. The Morgan fingerprint density at radius 3 is 2.78 bits per heavy atom. The predicted molar refractivity (Wildman–Crippen MR) is 77.6 cm³/mol. The summed E-state index contributed by atoms with van der Waals surface area (Å²) in [5, 5.41) is 3.32. The van der Waals surface area contributed by atoms with Gasteiger partial charge in [-0.15, -0.1) is 0 Å². The van der Waals surface area contributed by atoms with Crippen LogP contribution in [0.25, 0.3) is 0 Å². The molecular weight excluding hydrogens is 362 g/mol. The average Bonchev–Trinajstić information content (AvgIpc) is 2.81. The van der Waals surface area contributed by atoms with Crippen molar-refractivity contribution in [1.29, 1.82) is 0 Å². The number of benzene rings is 1. The highest BCUT2D eigenvalue weighted by molar-refractivity contribution is 9.11. The number of hydrogen-bond donors (Lipinski definition) is 1. The molecule has 96 valence electrons. The van der Waals surface area contributed by atoms with Crippen molar-refractivity contribution in [1.82, 2.24) is 5.32 Å². The fourth-order valence-corrected chi connectivity index (χ4v) is 3.18. The Bertz CT molecular complexity index is 512. The van der Waals surface area contributed by atoms with Gasteiger partial charge in [0.05, 0.1) is 24.4 Å². The molecule has 0 amide bonds. The molecule has 1 heterocycles. The second-order valence-electron chi connectivity index (χ2n) is 3.76. The summed E-state index contributed by atoms with van der Waals surface area (Å²) < 4.78 is 12.6. The van der Waals surface area contributed by atoms with Crippen LogP contribution in [0.15, 0.2) is 43.9 Å². The largest absolute Gasteiger partial charge is 0.495 e. The number of ether oxygens (including phenoxy) is 1. The normalized spacial score (nSPS) is 10.6. The van der Waals surface area contributed by atoms with E-state index in [1.807, 2.05) is 24.3 Å². The Labute approximate surface area is 123 Å². The first-order chi connectivity index (χ1) is 8.70. The molecule has 0 aliphatic carbocycles. The van der Waals surface area contributed by atoms with E-state index in [9.17, 15) is 0 Å². The molecule has 0 fully saturated rings. The lowest BCUT2D eigenvalue weighted by Gasteiger charge is -2.11.